The van der Waals surface area contributed by atoms with Gasteiger partial charge in [-0.05, 0) is 94.1 Å². The third-order valence-electron chi connectivity index (χ3n) is 7.54. The van der Waals surface area contributed by atoms with Crippen LogP contribution in [0.2, 0.25) is 0 Å². The van der Waals surface area contributed by atoms with Crippen molar-refractivity contribution < 1.29 is 22.7 Å². The first-order chi connectivity index (χ1) is 19.7. The summed E-state index contributed by atoms with van der Waals surface area (Å²) >= 11 is 0. The highest BCUT2D eigenvalue weighted by atomic mass is 32.2. The highest BCUT2D eigenvalue weighted by Gasteiger charge is 2.54. The third kappa shape index (κ3) is 6.49. The van der Waals surface area contributed by atoms with Crippen molar-refractivity contribution in [2.24, 2.45) is 5.73 Å². The Morgan fingerprint density at radius 2 is 1.76 bits per heavy atom. The standard InChI is InChI=1S/C32H38N4O5S/c1-30(2,3)41-28(37)22-36(31(4)16-7-8-17-35-31)29(38)32(34,20-23-10-9-11-24(18-23)21-33)42(39,40)27-15-14-25-12-5-6-13-26(25)19-27/h5-6,9-15,18-19,35H,7-8,16-17,20,22,34H2,1-4H3/t31?,32-/m1/s1. The van der Waals surface area contributed by atoms with Gasteiger partial charge >= 0.3 is 5.97 Å². The van der Waals surface area contributed by atoms with Crippen molar-refractivity contribution in [3.05, 3.63) is 77.9 Å². The van der Waals surface area contributed by atoms with E-state index >= 15 is 0 Å². The van der Waals surface area contributed by atoms with Crippen LogP contribution >= 0.6 is 0 Å². The van der Waals surface area contributed by atoms with Crippen molar-refractivity contribution in [3.63, 3.8) is 0 Å². The van der Waals surface area contributed by atoms with E-state index in [1.165, 1.54) is 23.1 Å². The lowest BCUT2D eigenvalue weighted by atomic mass is 9.95. The number of benzene rings is 3. The van der Waals surface area contributed by atoms with E-state index in [2.05, 4.69) is 5.32 Å². The minimum Gasteiger partial charge on any atom is -0.459 e. The van der Waals surface area contributed by atoms with E-state index < -0.39 is 50.8 Å². The Morgan fingerprint density at radius 3 is 2.40 bits per heavy atom. The zero-order chi connectivity index (χ0) is 30.8. The van der Waals surface area contributed by atoms with Crippen LogP contribution in [0.15, 0.2) is 71.6 Å². The number of nitrogens with zero attached hydrogens (tertiary/aromatic N) is 2. The zero-order valence-electron chi connectivity index (χ0n) is 24.5. The van der Waals surface area contributed by atoms with Crippen LogP contribution in [0.4, 0.5) is 0 Å². The van der Waals surface area contributed by atoms with Crippen LogP contribution in [0.25, 0.3) is 10.8 Å². The van der Waals surface area contributed by atoms with E-state index in [0.717, 1.165) is 18.2 Å². The number of sulfone groups is 1. The summed E-state index contributed by atoms with van der Waals surface area (Å²) in [6, 6.07) is 20.3. The fourth-order valence-electron chi connectivity index (χ4n) is 5.36. The van der Waals surface area contributed by atoms with Gasteiger partial charge in [-0.25, -0.2) is 8.42 Å². The number of hydrogen-bond donors (Lipinski definition) is 2. The van der Waals surface area contributed by atoms with E-state index in [-0.39, 0.29) is 4.90 Å². The fraction of sp³-hybridized carbons (Fsp3) is 0.406. The second kappa shape index (κ2) is 11.8. The maximum atomic E-state index is 14.7. The van der Waals surface area contributed by atoms with Crippen LogP contribution in [-0.4, -0.2) is 54.4 Å². The summed E-state index contributed by atoms with van der Waals surface area (Å²) < 4.78 is 34.6. The molecule has 1 saturated heterocycles. The van der Waals surface area contributed by atoms with Gasteiger partial charge in [0.2, 0.25) is 14.7 Å². The van der Waals surface area contributed by atoms with Gasteiger partial charge in [-0.3, -0.25) is 14.9 Å². The van der Waals surface area contributed by atoms with E-state index in [4.69, 9.17) is 10.5 Å². The van der Waals surface area contributed by atoms with E-state index in [0.29, 0.717) is 29.5 Å². The largest absolute Gasteiger partial charge is 0.459 e. The molecule has 0 radical (unpaired) electrons. The van der Waals surface area contributed by atoms with Gasteiger partial charge in [-0.15, -0.1) is 0 Å². The predicted octanol–water partition coefficient (Wildman–Crippen LogP) is 4.04. The van der Waals surface area contributed by atoms with Gasteiger partial charge in [0.15, 0.2) is 0 Å². The maximum Gasteiger partial charge on any atom is 0.326 e. The van der Waals surface area contributed by atoms with E-state index in [1.54, 1.807) is 64.1 Å². The number of carbonyl (C=O) groups is 2. The Hall–Kier alpha value is -3.78. The number of fused-ring (bicyclic) bond motifs is 1. The number of hydrogen-bond acceptors (Lipinski definition) is 8. The third-order valence-corrected chi connectivity index (χ3v) is 9.69. The second-order valence-electron chi connectivity index (χ2n) is 12.0. The van der Waals surface area contributed by atoms with Crippen LogP contribution < -0.4 is 11.1 Å². The van der Waals surface area contributed by atoms with Crippen LogP contribution in [0.3, 0.4) is 0 Å². The van der Waals surface area contributed by atoms with Gasteiger partial charge < -0.3 is 15.4 Å². The Kier molecular flexibility index (Phi) is 8.78. The number of nitrogens with two attached hydrogens (primary N) is 1. The Bertz CT molecular complexity index is 1630. The molecule has 1 aliphatic rings. The van der Waals surface area contributed by atoms with Crippen LogP contribution in [0.1, 0.15) is 58.1 Å². The highest BCUT2D eigenvalue weighted by molar-refractivity contribution is 7.93. The van der Waals surface area contributed by atoms with Gasteiger partial charge in [0.25, 0.3) is 5.91 Å². The zero-order valence-corrected chi connectivity index (χ0v) is 25.3. The number of carbonyl (C=O) groups excluding carboxylic acids is 2. The first-order valence-electron chi connectivity index (χ1n) is 14.0. The normalized spacial score (nSPS) is 19.0. The molecule has 0 bridgehead atoms. The summed E-state index contributed by atoms with van der Waals surface area (Å²) in [5.74, 6) is -1.61. The van der Waals surface area contributed by atoms with Crippen LogP contribution in [-0.2, 0) is 30.6 Å². The minimum atomic E-state index is -4.57. The van der Waals surface area contributed by atoms with E-state index in [1.807, 2.05) is 18.2 Å². The molecule has 9 nitrogen and oxygen atoms in total. The average Bonchev–Trinajstić information content (AvgIpc) is 2.94. The Morgan fingerprint density at radius 1 is 1.05 bits per heavy atom. The lowest BCUT2D eigenvalue weighted by Crippen LogP contribution is -2.70. The summed E-state index contributed by atoms with van der Waals surface area (Å²) in [6.45, 7) is 7.01. The molecular formula is C32H38N4O5S. The van der Waals surface area contributed by atoms with Crippen LogP contribution in [0.5, 0.6) is 0 Å². The van der Waals surface area contributed by atoms with Crippen molar-refractivity contribution in [2.75, 3.05) is 13.1 Å². The molecule has 1 unspecified atom stereocenters. The van der Waals surface area contributed by atoms with Crippen molar-refractivity contribution in [1.82, 2.24) is 10.2 Å². The monoisotopic (exact) mass is 590 g/mol. The van der Waals surface area contributed by atoms with Crippen molar-refractivity contribution in [2.45, 2.75) is 74.4 Å². The SMILES string of the molecule is CC(C)(C)OC(=O)CN(C(=O)[C@@](N)(Cc1cccc(C#N)c1)S(=O)(=O)c1ccc2ccccc2c1)C1(C)CCCCN1. The summed E-state index contributed by atoms with van der Waals surface area (Å²) in [6.07, 6.45) is 1.70. The molecule has 0 aliphatic carbocycles. The molecule has 3 aromatic rings. The molecule has 42 heavy (non-hydrogen) atoms. The molecule has 222 valence electrons. The van der Waals surface area contributed by atoms with Gasteiger partial charge in [-0.1, -0.05) is 42.5 Å². The summed E-state index contributed by atoms with van der Waals surface area (Å²) in [7, 11) is -4.57. The molecule has 3 aromatic carbocycles. The molecule has 1 aliphatic heterocycles. The number of rotatable bonds is 8. The number of nitrogens with one attached hydrogen (secondary N) is 1. The maximum absolute atomic E-state index is 14.7. The summed E-state index contributed by atoms with van der Waals surface area (Å²) in [5.41, 5.74) is 5.68. The topological polar surface area (TPSA) is 143 Å². The quantitative estimate of drug-likeness (QED) is 0.374. The number of amides is 1. The smallest absolute Gasteiger partial charge is 0.326 e. The van der Waals surface area contributed by atoms with Crippen molar-refractivity contribution in [1.29, 1.82) is 5.26 Å². The molecule has 4 rings (SSSR count). The molecule has 0 aromatic heterocycles. The number of ether oxygens (including phenoxy) is 1. The van der Waals surface area contributed by atoms with E-state index in [9.17, 15) is 23.3 Å². The van der Waals surface area contributed by atoms with Gasteiger partial charge in [0.1, 0.15) is 12.1 Å². The van der Waals surface area contributed by atoms with Gasteiger partial charge in [-0.2, -0.15) is 5.26 Å². The number of esters is 1. The van der Waals surface area contributed by atoms with Crippen molar-refractivity contribution in [3.8, 4) is 6.07 Å². The van der Waals surface area contributed by atoms with Crippen LogP contribution in [0, 0.1) is 11.3 Å². The molecule has 1 heterocycles. The van der Waals surface area contributed by atoms with Gasteiger partial charge in [0.05, 0.1) is 22.2 Å². The lowest BCUT2D eigenvalue weighted by Gasteiger charge is -2.47. The van der Waals surface area contributed by atoms with Crippen molar-refractivity contribution >= 4 is 32.5 Å². The molecule has 1 fully saturated rings. The molecule has 2 atom stereocenters. The highest BCUT2D eigenvalue weighted by Crippen LogP contribution is 2.33. The molecule has 0 saturated carbocycles. The first kappa shape index (κ1) is 31.2. The Labute approximate surface area is 247 Å². The second-order valence-corrected chi connectivity index (χ2v) is 14.2. The summed E-state index contributed by atoms with van der Waals surface area (Å²) in [5, 5.41) is 14.3. The van der Waals surface area contributed by atoms with Gasteiger partial charge in [0, 0.05) is 6.42 Å². The minimum absolute atomic E-state index is 0.118. The molecular weight excluding hydrogens is 552 g/mol. The summed E-state index contributed by atoms with van der Waals surface area (Å²) in [4.78, 5) is 26.4. The average molecular weight is 591 g/mol. The molecule has 1 amide bonds. The molecule has 0 spiro atoms. The number of nitriles is 1. The number of piperidine rings is 1. The lowest BCUT2D eigenvalue weighted by molar-refractivity contribution is -0.164. The fourth-order valence-corrected chi connectivity index (χ4v) is 7.00. The Balaban J connectivity index is 1.88. The first-order valence-corrected chi connectivity index (χ1v) is 15.5. The molecule has 3 N–H and O–H groups in total. The molecule has 10 heteroatoms. The predicted molar refractivity (Wildman–Crippen MR) is 161 cm³/mol.